The van der Waals surface area contributed by atoms with Gasteiger partial charge in [0, 0.05) is 6.42 Å². The number of likely N-dealkylation sites (tertiary alicyclic amines) is 1. The summed E-state index contributed by atoms with van der Waals surface area (Å²) < 4.78 is 0. The van der Waals surface area contributed by atoms with Gasteiger partial charge in [-0.3, -0.25) is 4.79 Å². The Bertz CT molecular complexity index is 436. The molecule has 1 amide bonds. The van der Waals surface area contributed by atoms with Crippen LogP contribution in [0.1, 0.15) is 30.9 Å². The monoisotopic (exact) mass is 247 g/mol. The van der Waals surface area contributed by atoms with E-state index in [1.54, 1.807) is 4.90 Å². The molecule has 0 unspecified atom stereocenters. The number of hydrogen-bond acceptors (Lipinski definition) is 2. The molecular formula is C15H21NO2. The van der Waals surface area contributed by atoms with Crippen LogP contribution in [0.25, 0.3) is 0 Å². The Kier molecular flexibility index (Phi) is 3.71. The van der Waals surface area contributed by atoms with Crippen LogP contribution in [0.2, 0.25) is 0 Å². The van der Waals surface area contributed by atoms with E-state index in [0.29, 0.717) is 25.9 Å². The van der Waals surface area contributed by atoms with E-state index in [9.17, 15) is 9.90 Å². The summed E-state index contributed by atoms with van der Waals surface area (Å²) in [6, 6.07) is 8.16. The van der Waals surface area contributed by atoms with Gasteiger partial charge in [0.1, 0.15) is 0 Å². The van der Waals surface area contributed by atoms with Gasteiger partial charge in [0.25, 0.3) is 0 Å². The summed E-state index contributed by atoms with van der Waals surface area (Å²) in [5.41, 5.74) is 1.84. The van der Waals surface area contributed by atoms with Crippen LogP contribution in [0, 0.1) is 6.92 Å². The number of aryl methyl sites for hydroxylation is 2. The standard InChI is InChI=1S/C15H21NO2/c1-3-15(18)10-16(11-15)14(17)9-8-13-7-5-4-6-12(13)2/h4-7,18H,3,8-11H2,1-2H3. The lowest BCUT2D eigenvalue weighted by atomic mass is 9.90. The first kappa shape index (κ1) is 13.1. The van der Waals surface area contributed by atoms with Gasteiger partial charge >= 0.3 is 0 Å². The maximum absolute atomic E-state index is 11.9. The first-order chi connectivity index (χ1) is 8.54. The van der Waals surface area contributed by atoms with Crippen LogP contribution in [0.5, 0.6) is 0 Å². The molecule has 1 aromatic rings. The van der Waals surface area contributed by atoms with Gasteiger partial charge in [-0.25, -0.2) is 0 Å². The second-order valence-corrected chi connectivity index (χ2v) is 5.25. The molecule has 3 heteroatoms. The number of hydrogen-bond donors (Lipinski definition) is 1. The minimum atomic E-state index is -0.627. The number of nitrogens with zero attached hydrogens (tertiary/aromatic N) is 1. The molecule has 0 bridgehead atoms. The van der Waals surface area contributed by atoms with Gasteiger partial charge in [0.05, 0.1) is 18.7 Å². The Morgan fingerprint density at radius 2 is 2.06 bits per heavy atom. The summed E-state index contributed by atoms with van der Waals surface area (Å²) in [6.07, 6.45) is 2.03. The number of rotatable bonds is 4. The van der Waals surface area contributed by atoms with E-state index in [-0.39, 0.29) is 5.91 Å². The van der Waals surface area contributed by atoms with E-state index in [2.05, 4.69) is 19.1 Å². The highest BCUT2D eigenvalue weighted by Crippen LogP contribution is 2.25. The maximum atomic E-state index is 11.9. The first-order valence-electron chi connectivity index (χ1n) is 6.59. The van der Waals surface area contributed by atoms with Crippen LogP contribution >= 0.6 is 0 Å². The van der Waals surface area contributed by atoms with Crippen molar-refractivity contribution in [3.63, 3.8) is 0 Å². The number of benzene rings is 1. The van der Waals surface area contributed by atoms with Crippen molar-refractivity contribution < 1.29 is 9.90 Å². The molecule has 0 spiro atoms. The van der Waals surface area contributed by atoms with Crippen LogP contribution in [-0.4, -0.2) is 34.6 Å². The lowest BCUT2D eigenvalue weighted by molar-refractivity contribution is -0.155. The third-order valence-electron chi connectivity index (χ3n) is 3.85. The SMILES string of the molecule is CCC1(O)CN(C(=O)CCc2ccccc2C)C1. The average molecular weight is 247 g/mol. The zero-order valence-corrected chi connectivity index (χ0v) is 11.1. The summed E-state index contributed by atoms with van der Waals surface area (Å²) in [6.45, 7) is 5.01. The summed E-state index contributed by atoms with van der Waals surface area (Å²) in [7, 11) is 0. The molecule has 1 aromatic carbocycles. The first-order valence-corrected chi connectivity index (χ1v) is 6.59. The van der Waals surface area contributed by atoms with Crippen molar-refractivity contribution in [2.24, 2.45) is 0 Å². The molecule has 0 aliphatic carbocycles. The van der Waals surface area contributed by atoms with Crippen molar-refractivity contribution in [2.45, 2.75) is 38.7 Å². The summed E-state index contributed by atoms with van der Waals surface area (Å²) >= 11 is 0. The van der Waals surface area contributed by atoms with Gasteiger partial charge in [-0.2, -0.15) is 0 Å². The second kappa shape index (κ2) is 5.11. The van der Waals surface area contributed by atoms with E-state index in [0.717, 1.165) is 6.42 Å². The molecule has 2 rings (SSSR count). The van der Waals surface area contributed by atoms with E-state index >= 15 is 0 Å². The third kappa shape index (κ3) is 2.72. The topological polar surface area (TPSA) is 40.5 Å². The zero-order valence-electron chi connectivity index (χ0n) is 11.1. The molecule has 3 nitrogen and oxygen atoms in total. The number of carbonyl (C=O) groups excluding carboxylic acids is 1. The van der Waals surface area contributed by atoms with Crippen molar-refractivity contribution in [3.8, 4) is 0 Å². The molecule has 0 saturated carbocycles. The predicted molar refractivity (Wildman–Crippen MR) is 71.3 cm³/mol. The zero-order chi connectivity index (χ0) is 13.2. The largest absolute Gasteiger partial charge is 0.386 e. The fourth-order valence-electron chi connectivity index (χ4n) is 2.35. The highest BCUT2D eigenvalue weighted by Gasteiger charge is 2.41. The van der Waals surface area contributed by atoms with E-state index < -0.39 is 5.60 Å². The van der Waals surface area contributed by atoms with E-state index in [1.807, 2.05) is 19.1 Å². The summed E-state index contributed by atoms with van der Waals surface area (Å²) in [4.78, 5) is 13.7. The molecule has 0 radical (unpaired) electrons. The number of β-amino-alcohol motifs (C(OH)–C–C–N with tert-alkyl or cyclic N) is 1. The highest BCUT2D eigenvalue weighted by molar-refractivity contribution is 5.77. The molecule has 0 atom stereocenters. The van der Waals surface area contributed by atoms with Crippen molar-refractivity contribution in [1.82, 2.24) is 4.90 Å². The minimum Gasteiger partial charge on any atom is -0.386 e. The van der Waals surface area contributed by atoms with Crippen LogP contribution in [0.15, 0.2) is 24.3 Å². The Hall–Kier alpha value is -1.35. The van der Waals surface area contributed by atoms with Gasteiger partial charge in [-0.1, -0.05) is 31.2 Å². The smallest absolute Gasteiger partial charge is 0.223 e. The van der Waals surface area contributed by atoms with Crippen molar-refractivity contribution >= 4 is 5.91 Å². The van der Waals surface area contributed by atoms with E-state index in [1.165, 1.54) is 11.1 Å². The van der Waals surface area contributed by atoms with E-state index in [4.69, 9.17) is 0 Å². The van der Waals surface area contributed by atoms with Gasteiger partial charge in [-0.15, -0.1) is 0 Å². The molecule has 1 saturated heterocycles. The van der Waals surface area contributed by atoms with Crippen LogP contribution in [0.4, 0.5) is 0 Å². The fourth-order valence-corrected chi connectivity index (χ4v) is 2.35. The number of aliphatic hydroxyl groups is 1. The normalized spacial score (nSPS) is 17.4. The molecule has 1 N–H and O–H groups in total. The quantitative estimate of drug-likeness (QED) is 0.883. The molecule has 1 aliphatic rings. The van der Waals surface area contributed by atoms with Gasteiger partial charge in [-0.05, 0) is 30.9 Å². The molecule has 98 valence electrons. The number of carbonyl (C=O) groups is 1. The lowest BCUT2D eigenvalue weighted by Gasteiger charge is -2.46. The molecule has 18 heavy (non-hydrogen) atoms. The maximum Gasteiger partial charge on any atom is 0.223 e. The molecular weight excluding hydrogens is 226 g/mol. The van der Waals surface area contributed by atoms with Crippen molar-refractivity contribution in [2.75, 3.05) is 13.1 Å². The van der Waals surface area contributed by atoms with Gasteiger partial charge in [0.15, 0.2) is 0 Å². The lowest BCUT2D eigenvalue weighted by Crippen LogP contribution is -2.63. The molecule has 1 fully saturated rings. The minimum absolute atomic E-state index is 0.149. The Morgan fingerprint density at radius 1 is 1.39 bits per heavy atom. The van der Waals surface area contributed by atoms with Gasteiger partial charge in [0.2, 0.25) is 5.91 Å². The Morgan fingerprint density at radius 3 is 2.67 bits per heavy atom. The van der Waals surface area contributed by atoms with Crippen LogP contribution < -0.4 is 0 Å². The fraction of sp³-hybridized carbons (Fsp3) is 0.533. The molecule has 0 aromatic heterocycles. The van der Waals surface area contributed by atoms with Crippen molar-refractivity contribution in [3.05, 3.63) is 35.4 Å². The van der Waals surface area contributed by atoms with Crippen LogP contribution in [0.3, 0.4) is 0 Å². The predicted octanol–water partition coefficient (Wildman–Crippen LogP) is 1.91. The third-order valence-corrected chi connectivity index (χ3v) is 3.85. The summed E-state index contributed by atoms with van der Waals surface area (Å²) in [5, 5.41) is 9.87. The van der Waals surface area contributed by atoms with Gasteiger partial charge < -0.3 is 10.0 Å². The molecule has 1 heterocycles. The van der Waals surface area contributed by atoms with Crippen molar-refractivity contribution in [1.29, 1.82) is 0 Å². The highest BCUT2D eigenvalue weighted by atomic mass is 16.3. The molecule has 1 aliphatic heterocycles. The number of amides is 1. The van der Waals surface area contributed by atoms with Crippen LogP contribution in [-0.2, 0) is 11.2 Å². The Labute approximate surface area is 108 Å². The summed E-state index contributed by atoms with van der Waals surface area (Å²) in [5.74, 6) is 0.149. The average Bonchev–Trinajstić information content (AvgIpc) is 2.33. The second-order valence-electron chi connectivity index (χ2n) is 5.25. The Balaban J connectivity index is 1.82.